The Morgan fingerprint density at radius 2 is 2.24 bits per heavy atom. The second kappa shape index (κ2) is 6.51. The van der Waals surface area contributed by atoms with Crippen molar-refractivity contribution < 1.29 is 10.3 Å². The average molecular weight is 254 g/mol. The van der Waals surface area contributed by atoms with E-state index in [1.165, 1.54) is 0 Å². The molecular weight excluding hydrogens is 236 g/mol. The van der Waals surface area contributed by atoms with Gasteiger partial charge in [-0.05, 0) is 30.5 Å². The zero-order valence-corrected chi connectivity index (χ0v) is 10.9. The summed E-state index contributed by atoms with van der Waals surface area (Å²) < 4.78 is 0. The van der Waals surface area contributed by atoms with Gasteiger partial charge in [0.15, 0.2) is 5.84 Å². The van der Waals surface area contributed by atoms with E-state index in [2.05, 4.69) is 5.16 Å². The van der Waals surface area contributed by atoms with Gasteiger partial charge in [0, 0.05) is 22.8 Å². The number of oxime groups is 1. The predicted octanol–water partition coefficient (Wildman–Crippen LogP) is 1.81. The first-order chi connectivity index (χ1) is 8.08. The molecule has 5 heteroatoms. The lowest BCUT2D eigenvalue weighted by Gasteiger charge is -2.11. The molecule has 1 unspecified atom stereocenters. The monoisotopic (exact) mass is 254 g/mol. The highest BCUT2D eigenvalue weighted by molar-refractivity contribution is 7.99. The first kappa shape index (κ1) is 13.9. The van der Waals surface area contributed by atoms with Gasteiger partial charge in [-0.3, -0.25) is 0 Å². The van der Waals surface area contributed by atoms with Crippen molar-refractivity contribution in [2.75, 3.05) is 12.4 Å². The first-order valence-corrected chi connectivity index (χ1v) is 6.39. The van der Waals surface area contributed by atoms with Gasteiger partial charge >= 0.3 is 0 Å². The SMILES string of the molecule is Cc1ccc(C(N)=NO)c(SCC(C)CO)c1. The lowest BCUT2D eigenvalue weighted by atomic mass is 10.1. The predicted molar refractivity (Wildman–Crippen MR) is 70.7 cm³/mol. The molecule has 1 atom stereocenters. The first-order valence-electron chi connectivity index (χ1n) is 5.40. The Hall–Kier alpha value is -1.20. The molecule has 0 aliphatic rings. The van der Waals surface area contributed by atoms with Crippen LogP contribution in [0.4, 0.5) is 0 Å². The van der Waals surface area contributed by atoms with Crippen LogP contribution in [-0.4, -0.2) is 28.5 Å². The topological polar surface area (TPSA) is 78.8 Å². The number of aryl methyl sites for hydroxylation is 1. The molecule has 0 saturated carbocycles. The molecule has 4 N–H and O–H groups in total. The molecule has 0 fully saturated rings. The van der Waals surface area contributed by atoms with Crippen LogP contribution in [0.1, 0.15) is 18.1 Å². The average Bonchev–Trinajstić information content (AvgIpc) is 2.35. The van der Waals surface area contributed by atoms with Crippen molar-refractivity contribution in [2.45, 2.75) is 18.7 Å². The number of rotatable bonds is 5. The Kier molecular flexibility index (Phi) is 5.31. The summed E-state index contributed by atoms with van der Waals surface area (Å²) in [5.41, 5.74) is 7.47. The highest BCUT2D eigenvalue weighted by Gasteiger charge is 2.09. The van der Waals surface area contributed by atoms with Gasteiger partial charge in [-0.2, -0.15) is 0 Å². The van der Waals surface area contributed by atoms with E-state index in [0.29, 0.717) is 0 Å². The second-order valence-corrected chi connectivity index (χ2v) is 5.15. The van der Waals surface area contributed by atoms with E-state index in [-0.39, 0.29) is 18.4 Å². The molecule has 0 aliphatic heterocycles. The molecule has 1 aromatic carbocycles. The molecule has 0 bridgehead atoms. The fraction of sp³-hybridized carbons (Fsp3) is 0.417. The Morgan fingerprint density at radius 1 is 1.53 bits per heavy atom. The van der Waals surface area contributed by atoms with Gasteiger partial charge in [0.1, 0.15) is 0 Å². The molecule has 0 saturated heterocycles. The number of benzene rings is 1. The largest absolute Gasteiger partial charge is 0.409 e. The number of aliphatic hydroxyl groups is 1. The van der Waals surface area contributed by atoms with Crippen molar-refractivity contribution in [3.63, 3.8) is 0 Å². The highest BCUT2D eigenvalue weighted by atomic mass is 32.2. The normalized spacial score (nSPS) is 13.7. The maximum Gasteiger partial charge on any atom is 0.171 e. The van der Waals surface area contributed by atoms with Crippen LogP contribution >= 0.6 is 11.8 Å². The fourth-order valence-corrected chi connectivity index (χ4v) is 2.47. The lowest BCUT2D eigenvalue weighted by Crippen LogP contribution is -2.14. The van der Waals surface area contributed by atoms with Crippen LogP contribution in [-0.2, 0) is 0 Å². The van der Waals surface area contributed by atoms with E-state index < -0.39 is 0 Å². The highest BCUT2D eigenvalue weighted by Crippen LogP contribution is 2.25. The van der Waals surface area contributed by atoms with E-state index in [0.717, 1.165) is 21.8 Å². The second-order valence-electron chi connectivity index (χ2n) is 4.08. The number of aliphatic hydroxyl groups excluding tert-OH is 1. The van der Waals surface area contributed by atoms with Crippen LogP contribution in [0.2, 0.25) is 0 Å². The quantitative estimate of drug-likeness (QED) is 0.246. The molecule has 94 valence electrons. The van der Waals surface area contributed by atoms with E-state index in [9.17, 15) is 0 Å². The molecule has 0 aromatic heterocycles. The van der Waals surface area contributed by atoms with Gasteiger partial charge in [0.2, 0.25) is 0 Å². The minimum absolute atomic E-state index is 0.115. The Morgan fingerprint density at radius 3 is 2.82 bits per heavy atom. The molecule has 0 aliphatic carbocycles. The molecular formula is C12H18N2O2S. The van der Waals surface area contributed by atoms with Crippen molar-refractivity contribution in [3.05, 3.63) is 29.3 Å². The summed E-state index contributed by atoms with van der Waals surface area (Å²) in [6, 6.07) is 5.77. The van der Waals surface area contributed by atoms with Gasteiger partial charge in [0.05, 0.1) is 0 Å². The van der Waals surface area contributed by atoms with Crippen LogP contribution in [0.3, 0.4) is 0 Å². The fourth-order valence-electron chi connectivity index (χ4n) is 1.30. The van der Waals surface area contributed by atoms with Gasteiger partial charge in [-0.1, -0.05) is 18.1 Å². The van der Waals surface area contributed by atoms with Crippen molar-refractivity contribution >= 4 is 17.6 Å². The van der Waals surface area contributed by atoms with Crippen LogP contribution in [0.15, 0.2) is 28.3 Å². The van der Waals surface area contributed by atoms with Crippen LogP contribution in [0.5, 0.6) is 0 Å². The third-order valence-corrected chi connectivity index (χ3v) is 3.74. The van der Waals surface area contributed by atoms with Crippen LogP contribution < -0.4 is 5.73 Å². The minimum Gasteiger partial charge on any atom is -0.409 e. The maximum atomic E-state index is 8.99. The van der Waals surface area contributed by atoms with Crippen molar-refractivity contribution in [2.24, 2.45) is 16.8 Å². The van der Waals surface area contributed by atoms with Gasteiger partial charge in [0.25, 0.3) is 0 Å². The number of hydrogen-bond donors (Lipinski definition) is 3. The Balaban J connectivity index is 2.91. The zero-order valence-electron chi connectivity index (χ0n) is 10.1. The van der Waals surface area contributed by atoms with Crippen LogP contribution in [0, 0.1) is 12.8 Å². The van der Waals surface area contributed by atoms with Crippen LogP contribution in [0.25, 0.3) is 0 Å². The van der Waals surface area contributed by atoms with Gasteiger partial charge in [-0.15, -0.1) is 11.8 Å². The zero-order chi connectivity index (χ0) is 12.8. The Labute approximate surface area is 106 Å². The standard InChI is InChI=1S/C12H18N2O2S/c1-8-3-4-10(12(13)14-16)11(5-8)17-7-9(2)6-15/h3-5,9,15-16H,6-7H2,1-2H3,(H2,13,14). The summed E-state index contributed by atoms with van der Waals surface area (Å²) in [5, 5.41) is 20.7. The summed E-state index contributed by atoms with van der Waals surface area (Å²) >= 11 is 1.61. The van der Waals surface area contributed by atoms with E-state index in [1.807, 2.05) is 32.0 Å². The van der Waals surface area contributed by atoms with Crippen molar-refractivity contribution in [1.29, 1.82) is 0 Å². The summed E-state index contributed by atoms with van der Waals surface area (Å²) in [5.74, 6) is 1.14. The van der Waals surface area contributed by atoms with Gasteiger partial charge < -0.3 is 16.0 Å². The molecule has 0 radical (unpaired) electrons. The summed E-state index contributed by atoms with van der Waals surface area (Å²) in [7, 11) is 0. The van der Waals surface area contributed by atoms with E-state index in [4.69, 9.17) is 16.0 Å². The molecule has 1 rings (SSSR count). The number of nitrogens with two attached hydrogens (primary N) is 1. The number of thioether (sulfide) groups is 1. The summed E-state index contributed by atoms with van der Waals surface area (Å²) in [6.45, 7) is 4.14. The third-order valence-electron chi connectivity index (χ3n) is 2.36. The Bertz CT molecular complexity index is 407. The smallest absolute Gasteiger partial charge is 0.171 e. The molecule has 0 amide bonds. The van der Waals surface area contributed by atoms with Crippen molar-refractivity contribution in [1.82, 2.24) is 0 Å². The number of amidine groups is 1. The summed E-state index contributed by atoms with van der Waals surface area (Å²) in [4.78, 5) is 0.973. The maximum absolute atomic E-state index is 8.99. The van der Waals surface area contributed by atoms with Gasteiger partial charge in [-0.25, -0.2) is 0 Å². The summed E-state index contributed by atoms with van der Waals surface area (Å²) in [6.07, 6.45) is 0. The van der Waals surface area contributed by atoms with E-state index >= 15 is 0 Å². The lowest BCUT2D eigenvalue weighted by molar-refractivity contribution is 0.250. The molecule has 17 heavy (non-hydrogen) atoms. The molecule has 0 heterocycles. The molecule has 4 nitrogen and oxygen atoms in total. The minimum atomic E-state index is 0.115. The van der Waals surface area contributed by atoms with E-state index in [1.54, 1.807) is 11.8 Å². The molecule has 0 spiro atoms. The third kappa shape index (κ3) is 3.94. The number of nitrogens with zero attached hydrogens (tertiary/aromatic N) is 1. The molecule has 1 aromatic rings. The van der Waals surface area contributed by atoms with Crippen molar-refractivity contribution in [3.8, 4) is 0 Å². The number of hydrogen-bond acceptors (Lipinski definition) is 4.